The zero-order valence-corrected chi connectivity index (χ0v) is 11.9. The minimum absolute atomic E-state index is 0.0892. The number of morpholine rings is 1. The highest BCUT2D eigenvalue weighted by molar-refractivity contribution is 5.80. The molecule has 6 heteroatoms. The summed E-state index contributed by atoms with van der Waals surface area (Å²) in [5.74, 6) is -0.353. The van der Waals surface area contributed by atoms with Crippen molar-refractivity contribution in [3.8, 4) is 5.75 Å². The Hall–Kier alpha value is -2.08. The van der Waals surface area contributed by atoms with E-state index in [9.17, 15) is 9.59 Å². The second-order valence-corrected chi connectivity index (χ2v) is 4.79. The molecule has 1 amide bonds. The molecule has 1 aliphatic heterocycles. The summed E-state index contributed by atoms with van der Waals surface area (Å²) in [6.45, 7) is 3.30. The normalized spacial score (nSPS) is 18.3. The number of aliphatic carboxylic acids is 1. The quantitative estimate of drug-likeness (QED) is 0.874. The van der Waals surface area contributed by atoms with E-state index >= 15 is 0 Å². The molecule has 1 atom stereocenters. The molecule has 0 spiro atoms. The Morgan fingerprint density at radius 3 is 2.71 bits per heavy atom. The SMILES string of the molecule is CCOc1ccc(CC(=O)N2CCO[C@@H](C(=O)O)C2)cc1. The van der Waals surface area contributed by atoms with Crippen molar-refractivity contribution in [3.63, 3.8) is 0 Å². The molecular weight excluding hydrogens is 274 g/mol. The molecule has 1 fully saturated rings. The highest BCUT2D eigenvalue weighted by atomic mass is 16.5. The summed E-state index contributed by atoms with van der Waals surface area (Å²) in [7, 11) is 0. The van der Waals surface area contributed by atoms with E-state index in [4.69, 9.17) is 14.6 Å². The maximum Gasteiger partial charge on any atom is 0.334 e. The Bertz CT molecular complexity index is 499. The highest BCUT2D eigenvalue weighted by Gasteiger charge is 2.28. The van der Waals surface area contributed by atoms with Crippen molar-refractivity contribution in [2.24, 2.45) is 0 Å². The monoisotopic (exact) mass is 293 g/mol. The molecule has 0 aliphatic carbocycles. The molecule has 2 rings (SSSR count). The van der Waals surface area contributed by atoms with Crippen LogP contribution >= 0.6 is 0 Å². The fraction of sp³-hybridized carbons (Fsp3) is 0.467. The van der Waals surface area contributed by atoms with Gasteiger partial charge in [-0.2, -0.15) is 0 Å². The van der Waals surface area contributed by atoms with Crippen molar-refractivity contribution in [2.45, 2.75) is 19.4 Å². The van der Waals surface area contributed by atoms with Crippen LogP contribution in [-0.2, 0) is 20.7 Å². The molecule has 114 valence electrons. The van der Waals surface area contributed by atoms with Gasteiger partial charge in [-0.05, 0) is 24.6 Å². The first kappa shape index (κ1) is 15.3. The molecule has 1 aromatic rings. The van der Waals surface area contributed by atoms with Crippen LogP contribution in [0.25, 0.3) is 0 Å². The van der Waals surface area contributed by atoms with E-state index < -0.39 is 12.1 Å². The number of carbonyl (C=O) groups excluding carboxylic acids is 1. The minimum atomic E-state index is -1.03. The zero-order chi connectivity index (χ0) is 15.2. The summed E-state index contributed by atoms with van der Waals surface area (Å²) in [4.78, 5) is 24.6. The van der Waals surface area contributed by atoms with Gasteiger partial charge < -0.3 is 19.5 Å². The van der Waals surface area contributed by atoms with Crippen LogP contribution in [0.4, 0.5) is 0 Å². The number of carbonyl (C=O) groups is 2. The molecule has 1 N–H and O–H groups in total. The maximum absolute atomic E-state index is 12.2. The van der Waals surface area contributed by atoms with Crippen LogP contribution in [-0.4, -0.2) is 54.3 Å². The van der Waals surface area contributed by atoms with Gasteiger partial charge >= 0.3 is 5.97 Å². The van der Waals surface area contributed by atoms with Gasteiger partial charge in [0.15, 0.2) is 6.10 Å². The van der Waals surface area contributed by atoms with Gasteiger partial charge in [0, 0.05) is 6.54 Å². The number of rotatable bonds is 5. The largest absolute Gasteiger partial charge is 0.494 e. The standard InChI is InChI=1S/C15H19NO5/c1-2-20-12-5-3-11(4-6-12)9-14(17)16-7-8-21-13(10-16)15(18)19/h3-6,13H,2,7-10H2,1H3,(H,18,19)/t13-/m1/s1. The van der Waals surface area contributed by atoms with E-state index in [0.29, 0.717) is 13.2 Å². The van der Waals surface area contributed by atoms with Gasteiger partial charge in [0.25, 0.3) is 0 Å². The van der Waals surface area contributed by atoms with Crippen molar-refractivity contribution in [2.75, 3.05) is 26.3 Å². The Kier molecular flexibility index (Phi) is 5.16. The van der Waals surface area contributed by atoms with Crippen LogP contribution in [0.2, 0.25) is 0 Å². The maximum atomic E-state index is 12.2. The third-order valence-electron chi connectivity index (χ3n) is 3.28. The number of hydrogen-bond acceptors (Lipinski definition) is 4. The lowest BCUT2D eigenvalue weighted by Gasteiger charge is -2.31. The molecule has 1 aliphatic rings. The van der Waals surface area contributed by atoms with Crippen molar-refractivity contribution in [1.29, 1.82) is 0 Å². The third-order valence-corrected chi connectivity index (χ3v) is 3.28. The van der Waals surface area contributed by atoms with Crippen molar-refractivity contribution < 1.29 is 24.2 Å². The fourth-order valence-electron chi connectivity index (χ4n) is 2.18. The first-order valence-corrected chi connectivity index (χ1v) is 6.94. The van der Waals surface area contributed by atoms with E-state index in [1.807, 2.05) is 31.2 Å². The van der Waals surface area contributed by atoms with E-state index in [1.165, 1.54) is 0 Å². The Balaban J connectivity index is 1.92. The van der Waals surface area contributed by atoms with Crippen LogP contribution in [0.5, 0.6) is 5.75 Å². The molecular formula is C15H19NO5. The highest BCUT2D eigenvalue weighted by Crippen LogP contribution is 2.14. The van der Waals surface area contributed by atoms with E-state index in [-0.39, 0.29) is 25.5 Å². The first-order chi connectivity index (χ1) is 10.1. The van der Waals surface area contributed by atoms with Gasteiger partial charge in [-0.15, -0.1) is 0 Å². The number of carboxylic acids is 1. The number of nitrogens with zero attached hydrogens (tertiary/aromatic N) is 1. The Morgan fingerprint density at radius 1 is 1.38 bits per heavy atom. The molecule has 6 nitrogen and oxygen atoms in total. The van der Waals surface area contributed by atoms with Gasteiger partial charge in [0.05, 0.1) is 26.2 Å². The lowest BCUT2D eigenvalue weighted by Crippen LogP contribution is -2.49. The predicted molar refractivity (Wildman–Crippen MR) is 75.3 cm³/mol. The summed E-state index contributed by atoms with van der Waals surface area (Å²) in [6, 6.07) is 7.34. The van der Waals surface area contributed by atoms with Crippen molar-refractivity contribution >= 4 is 11.9 Å². The molecule has 0 saturated carbocycles. The lowest BCUT2D eigenvalue weighted by atomic mass is 10.1. The summed E-state index contributed by atoms with van der Waals surface area (Å²) in [5, 5.41) is 8.93. The Labute approximate surface area is 123 Å². The second-order valence-electron chi connectivity index (χ2n) is 4.79. The van der Waals surface area contributed by atoms with Crippen LogP contribution in [0, 0.1) is 0 Å². The topological polar surface area (TPSA) is 76.1 Å². The molecule has 0 unspecified atom stereocenters. The summed E-state index contributed by atoms with van der Waals surface area (Å²) in [5.41, 5.74) is 0.877. The smallest absolute Gasteiger partial charge is 0.334 e. The van der Waals surface area contributed by atoms with E-state index in [1.54, 1.807) is 4.90 Å². The number of carboxylic acid groups (broad SMARTS) is 1. The first-order valence-electron chi connectivity index (χ1n) is 6.94. The second kappa shape index (κ2) is 7.08. The third kappa shape index (κ3) is 4.19. The fourth-order valence-corrected chi connectivity index (χ4v) is 2.18. The van der Waals surface area contributed by atoms with E-state index in [0.717, 1.165) is 11.3 Å². The lowest BCUT2D eigenvalue weighted by molar-refractivity contribution is -0.159. The molecule has 1 heterocycles. The van der Waals surface area contributed by atoms with Crippen LogP contribution in [0.3, 0.4) is 0 Å². The van der Waals surface area contributed by atoms with Gasteiger partial charge in [-0.1, -0.05) is 12.1 Å². The zero-order valence-electron chi connectivity index (χ0n) is 11.9. The number of benzene rings is 1. The van der Waals surface area contributed by atoms with Crippen molar-refractivity contribution in [1.82, 2.24) is 4.90 Å². The molecule has 0 aromatic heterocycles. The van der Waals surface area contributed by atoms with Crippen LogP contribution in [0.15, 0.2) is 24.3 Å². The average molecular weight is 293 g/mol. The van der Waals surface area contributed by atoms with Gasteiger partial charge in [-0.25, -0.2) is 4.79 Å². The van der Waals surface area contributed by atoms with Gasteiger partial charge in [0.1, 0.15) is 5.75 Å². The van der Waals surface area contributed by atoms with Gasteiger partial charge in [0.2, 0.25) is 5.91 Å². The summed E-state index contributed by atoms with van der Waals surface area (Å²) in [6.07, 6.45) is -0.679. The molecule has 1 aromatic carbocycles. The number of hydrogen-bond donors (Lipinski definition) is 1. The molecule has 1 saturated heterocycles. The summed E-state index contributed by atoms with van der Waals surface area (Å²) >= 11 is 0. The van der Waals surface area contributed by atoms with Gasteiger partial charge in [-0.3, -0.25) is 4.79 Å². The Morgan fingerprint density at radius 2 is 2.10 bits per heavy atom. The molecule has 0 bridgehead atoms. The van der Waals surface area contributed by atoms with Crippen LogP contribution in [0.1, 0.15) is 12.5 Å². The number of amides is 1. The predicted octanol–water partition coefficient (Wildman–Crippen LogP) is 0.940. The summed E-state index contributed by atoms with van der Waals surface area (Å²) < 4.78 is 10.4. The van der Waals surface area contributed by atoms with Crippen LogP contribution < -0.4 is 4.74 Å². The minimum Gasteiger partial charge on any atom is -0.494 e. The average Bonchev–Trinajstić information content (AvgIpc) is 2.49. The van der Waals surface area contributed by atoms with Crippen molar-refractivity contribution in [3.05, 3.63) is 29.8 Å². The number of ether oxygens (including phenoxy) is 2. The molecule has 21 heavy (non-hydrogen) atoms. The van der Waals surface area contributed by atoms with E-state index in [2.05, 4.69) is 0 Å². The molecule has 0 radical (unpaired) electrons.